The van der Waals surface area contributed by atoms with Gasteiger partial charge < -0.3 is 5.32 Å². The molecular formula is C16H24N2O3S. The summed E-state index contributed by atoms with van der Waals surface area (Å²) in [5, 5.41) is 2.70. The van der Waals surface area contributed by atoms with Gasteiger partial charge in [0.1, 0.15) is 0 Å². The standard InChI is InChI=1S/C16H24N2O3S/c1-13(19)17-12-14-8-10-16(11-9-14)22(20,21)18(2)15-6-4-3-5-7-15/h8-11,15H,3-7,12H2,1-2H3,(H,17,19). The van der Waals surface area contributed by atoms with Crippen molar-refractivity contribution < 1.29 is 13.2 Å². The van der Waals surface area contributed by atoms with E-state index in [0.29, 0.717) is 11.4 Å². The van der Waals surface area contributed by atoms with Crippen LogP contribution in [-0.4, -0.2) is 31.7 Å². The molecule has 1 aliphatic rings. The van der Waals surface area contributed by atoms with Crippen LogP contribution in [0.4, 0.5) is 0 Å². The maximum atomic E-state index is 12.7. The van der Waals surface area contributed by atoms with E-state index in [1.165, 1.54) is 17.6 Å². The van der Waals surface area contributed by atoms with Gasteiger partial charge in [0.15, 0.2) is 0 Å². The molecule has 0 atom stereocenters. The highest BCUT2D eigenvalue weighted by Gasteiger charge is 2.28. The highest BCUT2D eigenvalue weighted by atomic mass is 32.2. The summed E-state index contributed by atoms with van der Waals surface area (Å²) in [7, 11) is -1.76. The lowest BCUT2D eigenvalue weighted by Crippen LogP contribution is -2.38. The average molecular weight is 324 g/mol. The first kappa shape index (κ1) is 17.0. The number of carbonyl (C=O) groups excluding carboxylic acids is 1. The Kier molecular flexibility index (Phi) is 5.58. The highest BCUT2D eigenvalue weighted by Crippen LogP contribution is 2.26. The summed E-state index contributed by atoms with van der Waals surface area (Å²) in [6, 6.07) is 6.84. The lowest BCUT2D eigenvalue weighted by Gasteiger charge is -2.30. The lowest BCUT2D eigenvalue weighted by atomic mass is 9.96. The van der Waals surface area contributed by atoms with Crippen LogP contribution in [0.2, 0.25) is 0 Å². The quantitative estimate of drug-likeness (QED) is 0.903. The molecule has 0 aliphatic heterocycles. The van der Waals surface area contributed by atoms with Crippen molar-refractivity contribution in [3.05, 3.63) is 29.8 Å². The van der Waals surface area contributed by atoms with Crippen molar-refractivity contribution in [1.29, 1.82) is 0 Å². The molecule has 0 unspecified atom stereocenters. The molecule has 2 rings (SSSR count). The molecule has 0 spiro atoms. The molecule has 0 aromatic heterocycles. The predicted octanol–water partition coefficient (Wildman–Crippen LogP) is 2.28. The van der Waals surface area contributed by atoms with Crippen LogP contribution in [0, 0.1) is 0 Å². The lowest BCUT2D eigenvalue weighted by molar-refractivity contribution is -0.119. The van der Waals surface area contributed by atoms with Gasteiger partial charge in [-0.2, -0.15) is 4.31 Å². The molecular weight excluding hydrogens is 300 g/mol. The van der Waals surface area contributed by atoms with Crippen molar-refractivity contribution >= 4 is 15.9 Å². The Labute approximate surface area is 132 Å². The third-order valence-corrected chi connectivity index (χ3v) is 6.15. The summed E-state index contributed by atoms with van der Waals surface area (Å²) in [5.41, 5.74) is 0.884. The molecule has 1 fully saturated rings. The second-order valence-corrected chi connectivity index (χ2v) is 7.86. The Hall–Kier alpha value is -1.40. The van der Waals surface area contributed by atoms with Gasteiger partial charge in [0.05, 0.1) is 4.90 Å². The minimum atomic E-state index is -3.44. The number of rotatable bonds is 5. The second kappa shape index (κ2) is 7.24. The van der Waals surface area contributed by atoms with E-state index in [0.717, 1.165) is 31.2 Å². The summed E-state index contributed by atoms with van der Waals surface area (Å²) in [6.45, 7) is 1.87. The minimum absolute atomic E-state index is 0.103. The molecule has 1 aromatic carbocycles. The fraction of sp³-hybridized carbons (Fsp3) is 0.562. The molecule has 1 amide bonds. The second-order valence-electron chi connectivity index (χ2n) is 5.87. The molecule has 0 bridgehead atoms. The zero-order chi connectivity index (χ0) is 16.2. The van der Waals surface area contributed by atoms with Gasteiger partial charge >= 0.3 is 0 Å². The molecule has 1 aromatic rings. The van der Waals surface area contributed by atoms with Crippen LogP contribution in [0.3, 0.4) is 0 Å². The van der Waals surface area contributed by atoms with E-state index >= 15 is 0 Å². The van der Waals surface area contributed by atoms with E-state index in [1.54, 1.807) is 31.3 Å². The fourth-order valence-corrected chi connectivity index (χ4v) is 4.23. The SMILES string of the molecule is CC(=O)NCc1ccc(S(=O)(=O)N(C)C2CCCCC2)cc1. The van der Waals surface area contributed by atoms with Gasteiger partial charge in [-0.25, -0.2) is 8.42 Å². The maximum Gasteiger partial charge on any atom is 0.243 e. The first-order chi connectivity index (χ1) is 10.4. The number of amides is 1. The Morgan fingerprint density at radius 2 is 1.77 bits per heavy atom. The monoisotopic (exact) mass is 324 g/mol. The van der Waals surface area contributed by atoms with Crippen molar-refractivity contribution in [1.82, 2.24) is 9.62 Å². The van der Waals surface area contributed by atoms with E-state index in [9.17, 15) is 13.2 Å². The summed E-state index contributed by atoms with van der Waals surface area (Å²) in [4.78, 5) is 11.2. The molecule has 0 heterocycles. The Morgan fingerprint density at radius 1 is 1.18 bits per heavy atom. The molecule has 122 valence electrons. The number of nitrogens with one attached hydrogen (secondary N) is 1. The Bertz CT molecular complexity index is 605. The fourth-order valence-electron chi connectivity index (χ4n) is 2.81. The summed E-state index contributed by atoms with van der Waals surface area (Å²) < 4.78 is 26.9. The highest BCUT2D eigenvalue weighted by molar-refractivity contribution is 7.89. The number of hydrogen-bond acceptors (Lipinski definition) is 3. The van der Waals surface area contributed by atoms with E-state index < -0.39 is 10.0 Å². The Balaban J connectivity index is 2.09. The van der Waals surface area contributed by atoms with E-state index in [2.05, 4.69) is 5.32 Å². The first-order valence-electron chi connectivity index (χ1n) is 7.72. The number of nitrogens with zero attached hydrogens (tertiary/aromatic N) is 1. The van der Waals surface area contributed by atoms with Gasteiger partial charge in [-0.05, 0) is 30.5 Å². The zero-order valence-electron chi connectivity index (χ0n) is 13.2. The zero-order valence-corrected chi connectivity index (χ0v) is 14.0. The van der Waals surface area contributed by atoms with Gasteiger partial charge in [-0.3, -0.25) is 4.79 Å². The summed E-state index contributed by atoms with van der Waals surface area (Å²) in [5.74, 6) is -0.103. The average Bonchev–Trinajstić information content (AvgIpc) is 2.53. The van der Waals surface area contributed by atoms with Gasteiger partial charge in [0.2, 0.25) is 15.9 Å². The van der Waals surface area contributed by atoms with Crippen molar-refractivity contribution in [2.75, 3.05) is 7.05 Å². The maximum absolute atomic E-state index is 12.7. The van der Waals surface area contributed by atoms with Crippen molar-refractivity contribution in [2.24, 2.45) is 0 Å². The van der Waals surface area contributed by atoms with E-state index in [4.69, 9.17) is 0 Å². The van der Waals surface area contributed by atoms with E-state index in [1.807, 2.05) is 0 Å². The van der Waals surface area contributed by atoms with Crippen molar-refractivity contribution in [2.45, 2.75) is 56.5 Å². The molecule has 1 N–H and O–H groups in total. The first-order valence-corrected chi connectivity index (χ1v) is 9.16. The number of benzene rings is 1. The van der Waals surface area contributed by atoms with Crippen molar-refractivity contribution in [3.8, 4) is 0 Å². The van der Waals surface area contributed by atoms with Gasteiger partial charge in [-0.15, -0.1) is 0 Å². The van der Waals surface area contributed by atoms with Crippen LogP contribution in [0.5, 0.6) is 0 Å². The molecule has 6 heteroatoms. The third kappa shape index (κ3) is 4.08. The normalized spacial score (nSPS) is 16.7. The smallest absolute Gasteiger partial charge is 0.243 e. The number of hydrogen-bond donors (Lipinski definition) is 1. The van der Waals surface area contributed by atoms with Gasteiger partial charge in [0, 0.05) is 26.6 Å². The largest absolute Gasteiger partial charge is 0.352 e. The van der Waals surface area contributed by atoms with Gasteiger partial charge in [-0.1, -0.05) is 31.4 Å². The topological polar surface area (TPSA) is 66.5 Å². The third-order valence-electron chi connectivity index (χ3n) is 4.23. The molecule has 22 heavy (non-hydrogen) atoms. The van der Waals surface area contributed by atoms with Crippen molar-refractivity contribution in [3.63, 3.8) is 0 Å². The van der Waals surface area contributed by atoms with Crippen LogP contribution >= 0.6 is 0 Å². The summed E-state index contributed by atoms with van der Waals surface area (Å²) >= 11 is 0. The molecule has 1 aliphatic carbocycles. The molecule has 1 saturated carbocycles. The molecule has 0 radical (unpaired) electrons. The minimum Gasteiger partial charge on any atom is -0.352 e. The molecule has 0 saturated heterocycles. The van der Waals surface area contributed by atoms with Crippen LogP contribution in [0.25, 0.3) is 0 Å². The van der Waals surface area contributed by atoms with Crippen LogP contribution in [-0.2, 0) is 21.4 Å². The van der Waals surface area contributed by atoms with Crippen LogP contribution in [0.15, 0.2) is 29.2 Å². The van der Waals surface area contributed by atoms with Crippen LogP contribution in [0.1, 0.15) is 44.6 Å². The van der Waals surface area contributed by atoms with E-state index in [-0.39, 0.29) is 11.9 Å². The van der Waals surface area contributed by atoms with Gasteiger partial charge in [0.25, 0.3) is 0 Å². The molecule has 5 nitrogen and oxygen atoms in total. The number of carbonyl (C=O) groups is 1. The summed E-state index contributed by atoms with van der Waals surface area (Å²) in [6.07, 6.45) is 5.27. The Morgan fingerprint density at radius 3 is 2.32 bits per heavy atom. The number of sulfonamides is 1. The van der Waals surface area contributed by atoms with Crippen LogP contribution < -0.4 is 5.32 Å². The predicted molar refractivity (Wildman–Crippen MR) is 85.8 cm³/mol.